The van der Waals surface area contributed by atoms with E-state index in [1.807, 2.05) is 0 Å². The number of hydrogen-bond acceptors (Lipinski definition) is 1. The van der Waals surface area contributed by atoms with Crippen LogP contribution in [0.2, 0.25) is 0 Å². The molecule has 4 rings (SSSR count). The highest BCUT2D eigenvalue weighted by atomic mass is 15.3. The lowest BCUT2D eigenvalue weighted by Crippen LogP contribution is -2.63. The molecule has 12 heavy (non-hydrogen) atoms. The summed E-state index contributed by atoms with van der Waals surface area (Å²) >= 11 is 0. The van der Waals surface area contributed by atoms with Crippen molar-refractivity contribution in [1.29, 1.82) is 0 Å². The van der Waals surface area contributed by atoms with E-state index in [0.717, 1.165) is 13.1 Å². The van der Waals surface area contributed by atoms with E-state index in [-0.39, 0.29) is 0 Å². The first-order valence-electron chi connectivity index (χ1n) is 5.02. The maximum absolute atomic E-state index is 9.58. The highest BCUT2D eigenvalue weighted by molar-refractivity contribution is 5.07. The Bertz CT molecular complexity index is 214. The second-order valence-corrected chi connectivity index (χ2v) is 4.47. The largest absolute Gasteiger partial charge is 0.506 e. The van der Waals surface area contributed by atoms with Gasteiger partial charge in [0.2, 0.25) is 0 Å². The minimum Gasteiger partial charge on any atom is -0.506 e. The zero-order valence-electron chi connectivity index (χ0n) is 7.29. The first-order chi connectivity index (χ1) is 5.84. The lowest BCUT2D eigenvalue weighted by molar-refractivity contribution is -0.703. The van der Waals surface area contributed by atoms with E-state index in [1.165, 1.54) is 25.7 Å². The molecular formula is C9H15N3. The fourth-order valence-electron chi connectivity index (χ4n) is 3.60. The van der Waals surface area contributed by atoms with Crippen LogP contribution in [0.15, 0.2) is 0 Å². The van der Waals surface area contributed by atoms with Gasteiger partial charge < -0.3 is 15.5 Å². The summed E-state index contributed by atoms with van der Waals surface area (Å²) in [6, 6.07) is 1.01. The van der Waals surface area contributed by atoms with Gasteiger partial charge in [0.1, 0.15) is 0 Å². The van der Waals surface area contributed by atoms with Gasteiger partial charge in [0.25, 0.3) is 0 Å². The molecule has 2 bridgehead atoms. The highest BCUT2D eigenvalue weighted by Gasteiger charge is 2.67. The van der Waals surface area contributed by atoms with E-state index in [9.17, 15) is 5.53 Å². The smallest absolute Gasteiger partial charge is 0.153 e. The molecule has 3 nitrogen and oxygen atoms in total. The van der Waals surface area contributed by atoms with E-state index in [0.29, 0.717) is 17.5 Å². The third-order valence-corrected chi connectivity index (χ3v) is 4.21. The lowest BCUT2D eigenvalue weighted by atomic mass is 9.66. The van der Waals surface area contributed by atoms with Crippen molar-refractivity contribution in [3.8, 4) is 0 Å². The van der Waals surface area contributed by atoms with Crippen molar-refractivity contribution in [1.82, 2.24) is 5.32 Å². The van der Waals surface area contributed by atoms with Crippen LogP contribution in [-0.2, 0) is 0 Å². The summed E-state index contributed by atoms with van der Waals surface area (Å²) in [5.74, 6) is 0. The minimum atomic E-state index is 0.504. The Balaban J connectivity index is 1.89. The number of piperidine rings is 1. The summed E-state index contributed by atoms with van der Waals surface area (Å²) in [6.45, 7) is 2.31. The number of nitrogens with one attached hydrogen (secondary N) is 1. The van der Waals surface area contributed by atoms with Crippen molar-refractivity contribution in [3.63, 3.8) is 0 Å². The summed E-state index contributed by atoms with van der Waals surface area (Å²) in [7, 11) is 0. The van der Waals surface area contributed by atoms with Crippen LogP contribution in [0.25, 0.3) is 5.53 Å². The van der Waals surface area contributed by atoms with Gasteiger partial charge in [0.05, 0.1) is 5.41 Å². The Morgan fingerprint density at radius 2 is 1.75 bits per heavy atom. The average molecular weight is 165 g/mol. The normalized spacial score (nSPS) is 43.2. The molecule has 0 aromatic rings. The fraction of sp³-hybridized carbons (Fsp3) is 1.00. The van der Waals surface area contributed by atoms with Gasteiger partial charge >= 0.3 is 0 Å². The molecule has 3 saturated heterocycles. The summed E-state index contributed by atoms with van der Waals surface area (Å²) in [4.78, 5) is 0. The molecule has 1 aliphatic carbocycles. The van der Waals surface area contributed by atoms with Crippen molar-refractivity contribution in [2.75, 3.05) is 13.1 Å². The second kappa shape index (κ2) is 2.08. The zero-order chi connectivity index (χ0) is 8.18. The Labute approximate surface area is 72.6 Å². The fourth-order valence-corrected chi connectivity index (χ4v) is 3.60. The van der Waals surface area contributed by atoms with Crippen molar-refractivity contribution < 1.29 is 4.70 Å². The highest BCUT2D eigenvalue weighted by Crippen LogP contribution is 2.56. The molecule has 1 saturated carbocycles. The van der Waals surface area contributed by atoms with E-state index in [1.54, 1.807) is 4.70 Å². The summed E-state index contributed by atoms with van der Waals surface area (Å²) in [6.07, 6.45) is 5.00. The molecule has 0 radical (unpaired) electrons. The Morgan fingerprint density at radius 1 is 1.17 bits per heavy atom. The topological polar surface area (TPSA) is 37.3 Å². The van der Waals surface area contributed by atoms with Gasteiger partial charge in [0.15, 0.2) is 12.1 Å². The molecule has 3 heterocycles. The number of nitrogens with zero attached hydrogens (tertiary/aromatic N) is 2. The van der Waals surface area contributed by atoms with Crippen LogP contribution in [-0.4, -0.2) is 29.9 Å². The van der Waals surface area contributed by atoms with Crippen LogP contribution in [0.4, 0.5) is 0 Å². The maximum Gasteiger partial charge on any atom is 0.153 e. The van der Waals surface area contributed by atoms with Crippen LogP contribution in [0.5, 0.6) is 0 Å². The Morgan fingerprint density at radius 3 is 2.25 bits per heavy atom. The molecule has 3 aliphatic heterocycles. The number of fused-ring (bicyclic) bond motifs is 1. The molecule has 1 N–H and O–H groups in total. The molecule has 2 unspecified atom stereocenters. The van der Waals surface area contributed by atoms with Crippen LogP contribution < -0.4 is 5.32 Å². The number of rotatable bonds is 0. The second-order valence-electron chi connectivity index (χ2n) is 4.47. The third kappa shape index (κ3) is 0.586. The monoisotopic (exact) mass is 165 g/mol. The molecule has 3 heteroatoms. The maximum atomic E-state index is 9.58. The van der Waals surface area contributed by atoms with Gasteiger partial charge in [0, 0.05) is 12.8 Å². The van der Waals surface area contributed by atoms with E-state index in [2.05, 4.69) is 5.32 Å². The van der Waals surface area contributed by atoms with Gasteiger partial charge in [-0.2, -0.15) is 0 Å². The standard InChI is InChI=1S/C9H15N3/c10-12-7-1-2-8(12)9(7)3-5-11-6-4-9/h7-8,11H,1-6H2. The van der Waals surface area contributed by atoms with Crippen molar-refractivity contribution in [3.05, 3.63) is 5.53 Å². The first kappa shape index (κ1) is 7.01. The van der Waals surface area contributed by atoms with Crippen molar-refractivity contribution >= 4 is 0 Å². The quantitative estimate of drug-likeness (QED) is 0.533. The van der Waals surface area contributed by atoms with Crippen LogP contribution in [0.3, 0.4) is 0 Å². The van der Waals surface area contributed by atoms with Gasteiger partial charge in [-0.15, -0.1) is 0 Å². The molecule has 4 fully saturated rings. The van der Waals surface area contributed by atoms with E-state index < -0.39 is 0 Å². The molecule has 66 valence electrons. The van der Waals surface area contributed by atoms with Crippen molar-refractivity contribution in [2.24, 2.45) is 5.41 Å². The van der Waals surface area contributed by atoms with Crippen LogP contribution in [0, 0.1) is 5.41 Å². The summed E-state index contributed by atoms with van der Waals surface area (Å²) in [5.41, 5.74) is 10.1. The lowest BCUT2D eigenvalue weighted by Gasteiger charge is -2.50. The Hall–Kier alpha value is -0.440. The summed E-state index contributed by atoms with van der Waals surface area (Å²) in [5, 5.41) is 3.39. The average Bonchev–Trinajstić information content (AvgIpc) is 2.66. The molecule has 1 spiro atoms. The van der Waals surface area contributed by atoms with Crippen LogP contribution in [0.1, 0.15) is 25.7 Å². The minimum absolute atomic E-state index is 0.504. The molecule has 4 aliphatic rings. The molecular weight excluding hydrogens is 150 g/mol. The first-order valence-corrected chi connectivity index (χ1v) is 5.02. The molecule has 2 atom stereocenters. The SMILES string of the molecule is [N-]=[N+]1C2CCC1C21CCNCC1. The zero-order valence-corrected chi connectivity index (χ0v) is 7.29. The van der Waals surface area contributed by atoms with E-state index >= 15 is 0 Å². The van der Waals surface area contributed by atoms with Gasteiger partial charge in [-0.25, -0.2) is 0 Å². The van der Waals surface area contributed by atoms with Crippen molar-refractivity contribution in [2.45, 2.75) is 37.8 Å². The molecule has 0 aromatic carbocycles. The Kier molecular flexibility index (Phi) is 1.21. The summed E-state index contributed by atoms with van der Waals surface area (Å²) < 4.78 is 1.62. The molecule has 0 aromatic heterocycles. The number of hydrogen-bond donors (Lipinski definition) is 1. The van der Waals surface area contributed by atoms with Gasteiger partial charge in [-0.1, -0.05) is 0 Å². The van der Waals surface area contributed by atoms with Gasteiger partial charge in [-0.05, 0) is 25.9 Å². The predicted molar refractivity (Wildman–Crippen MR) is 45.0 cm³/mol. The predicted octanol–water partition coefficient (Wildman–Crippen LogP) is 0.935. The third-order valence-electron chi connectivity index (χ3n) is 4.21. The van der Waals surface area contributed by atoms with E-state index in [4.69, 9.17) is 0 Å². The molecule has 0 amide bonds. The van der Waals surface area contributed by atoms with Crippen LogP contribution >= 0.6 is 0 Å². The van der Waals surface area contributed by atoms with Gasteiger partial charge in [-0.3, -0.25) is 0 Å².